The van der Waals surface area contributed by atoms with Crippen molar-refractivity contribution >= 4 is 34.6 Å². The molecule has 4 aromatic rings. The van der Waals surface area contributed by atoms with E-state index in [1.165, 1.54) is 11.1 Å². The molecule has 0 amide bonds. The minimum Gasteiger partial charge on any atom is -0.506 e. The molecule has 2 atom stereocenters. The maximum absolute atomic E-state index is 10.6. The Morgan fingerprint density at radius 2 is 1.77 bits per heavy atom. The number of phenolic OH excluding ortho intramolecular Hbond substituents is 1. The Labute approximate surface area is 216 Å². The summed E-state index contributed by atoms with van der Waals surface area (Å²) in [5, 5.41) is 15.4. The van der Waals surface area contributed by atoms with Crippen LogP contribution in [0.4, 0.5) is 5.69 Å². The standard InChI is InChI=1S/C28H27ClN4OS/c1-16-8-10-21(13-17(16)2)33-27(26(31-28(33)35)23-7-5-6-12-30-23)22-14-18(3)32(19(22)4)24-15-20(29)9-11-25(24)34/h5-15,26-27,34H,1-4H3,(H,31,35)/t26-,27-/m1/s1. The number of anilines is 1. The van der Waals surface area contributed by atoms with Gasteiger partial charge in [-0.05, 0) is 105 Å². The average Bonchev–Trinajstić information content (AvgIpc) is 3.33. The number of nitrogens with zero attached hydrogens (tertiary/aromatic N) is 3. The lowest BCUT2D eigenvalue weighted by atomic mass is 9.96. The third-order valence-corrected chi connectivity index (χ3v) is 7.38. The second kappa shape index (κ2) is 9.02. The molecule has 2 N–H and O–H groups in total. The average molecular weight is 503 g/mol. The van der Waals surface area contributed by atoms with Crippen LogP contribution in [0.1, 0.15) is 45.9 Å². The fourth-order valence-corrected chi connectivity index (χ4v) is 5.47. The Balaban J connectivity index is 1.71. The quantitative estimate of drug-likeness (QED) is 0.306. The van der Waals surface area contributed by atoms with Gasteiger partial charge in [-0.25, -0.2) is 0 Å². The first-order valence-corrected chi connectivity index (χ1v) is 12.3. The molecule has 3 heterocycles. The molecular formula is C28H27ClN4OS. The van der Waals surface area contributed by atoms with Crippen molar-refractivity contribution in [1.82, 2.24) is 14.9 Å². The van der Waals surface area contributed by atoms with Gasteiger partial charge in [0.1, 0.15) is 5.75 Å². The number of halogens is 1. The first-order valence-electron chi connectivity index (χ1n) is 11.5. The number of pyridine rings is 1. The maximum Gasteiger partial charge on any atom is 0.174 e. The number of hydrogen-bond donors (Lipinski definition) is 2. The zero-order valence-corrected chi connectivity index (χ0v) is 21.7. The molecular weight excluding hydrogens is 476 g/mol. The summed E-state index contributed by atoms with van der Waals surface area (Å²) in [5.74, 6) is 0.176. The fraction of sp³-hybridized carbons (Fsp3) is 0.214. The van der Waals surface area contributed by atoms with Gasteiger partial charge in [-0.15, -0.1) is 0 Å². The van der Waals surface area contributed by atoms with Crippen molar-refractivity contribution in [2.75, 3.05) is 4.90 Å². The number of aromatic hydroxyl groups is 1. The van der Waals surface area contributed by atoms with E-state index < -0.39 is 0 Å². The SMILES string of the molecule is Cc1ccc(N2C(=S)N[C@H](c3ccccn3)[C@H]2c2cc(C)n(-c3cc(Cl)ccc3O)c2C)cc1C. The van der Waals surface area contributed by atoms with Gasteiger partial charge in [0.2, 0.25) is 0 Å². The molecule has 0 bridgehead atoms. The summed E-state index contributed by atoms with van der Waals surface area (Å²) >= 11 is 12.2. The van der Waals surface area contributed by atoms with E-state index in [1.807, 2.05) is 35.9 Å². The molecule has 1 aliphatic heterocycles. The molecule has 1 fully saturated rings. The monoisotopic (exact) mass is 502 g/mol. The molecule has 0 spiro atoms. The first-order chi connectivity index (χ1) is 16.8. The molecule has 178 valence electrons. The van der Waals surface area contributed by atoms with Gasteiger partial charge < -0.3 is 19.9 Å². The minimum absolute atomic E-state index is 0.138. The van der Waals surface area contributed by atoms with Crippen molar-refractivity contribution in [3.63, 3.8) is 0 Å². The normalized spacial score (nSPS) is 17.6. The Bertz CT molecular complexity index is 1430. The van der Waals surface area contributed by atoms with Crippen LogP contribution >= 0.6 is 23.8 Å². The number of nitrogens with one attached hydrogen (secondary N) is 1. The van der Waals surface area contributed by atoms with Gasteiger partial charge in [0, 0.05) is 28.3 Å². The van der Waals surface area contributed by atoms with Crippen molar-refractivity contribution in [2.24, 2.45) is 0 Å². The Morgan fingerprint density at radius 1 is 0.971 bits per heavy atom. The van der Waals surface area contributed by atoms with Crippen LogP contribution in [0.3, 0.4) is 0 Å². The topological polar surface area (TPSA) is 53.3 Å². The predicted octanol–water partition coefficient (Wildman–Crippen LogP) is 6.64. The molecule has 1 saturated heterocycles. The van der Waals surface area contributed by atoms with Gasteiger partial charge in [-0.2, -0.15) is 0 Å². The number of rotatable bonds is 4. The highest BCUT2D eigenvalue weighted by Crippen LogP contribution is 2.44. The lowest BCUT2D eigenvalue weighted by Gasteiger charge is -2.28. The molecule has 5 nitrogen and oxygen atoms in total. The van der Waals surface area contributed by atoms with E-state index >= 15 is 0 Å². The maximum atomic E-state index is 10.6. The Kier molecular flexibility index (Phi) is 6.03. The van der Waals surface area contributed by atoms with Crippen molar-refractivity contribution in [2.45, 2.75) is 39.8 Å². The lowest BCUT2D eigenvalue weighted by Crippen LogP contribution is -2.29. The van der Waals surface area contributed by atoms with E-state index in [4.69, 9.17) is 23.8 Å². The third-order valence-electron chi connectivity index (χ3n) is 6.83. The molecule has 0 unspecified atom stereocenters. The molecule has 7 heteroatoms. The summed E-state index contributed by atoms with van der Waals surface area (Å²) < 4.78 is 2.05. The van der Waals surface area contributed by atoms with E-state index in [0.29, 0.717) is 15.8 Å². The van der Waals surface area contributed by atoms with Crippen LogP contribution in [0, 0.1) is 27.7 Å². The van der Waals surface area contributed by atoms with Crippen molar-refractivity contribution in [3.8, 4) is 11.4 Å². The summed E-state index contributed by atoms with van der Waals surface area (Å²) in [5.41, 5.74) is 8.14. The number of thiocarbonyl (C=S) groups is 1. The largest absolute Gasteiger partial charge is 0.506 e. The molecule has 0 radical (unpaired) electrons. The van der Waals surface area contributed by atoms with E-state index in [0.717, 1.165) is 28.3 Å². The highest BCUT2D eigenvalue weighted by Gasteiger charge is 2.42. The number of hydrogen-bond acceptors (Lipinski definition) is 3. The molecule has 2 aromatic carbocycles. The molecule has 5 rings (SSSR count). The second-order valence-electron chi connectivity index (χ2n) is 9.06. The van der Waals surface area contributed by atoms with Crippen LogP contribution in [0.5, 0.6) is 5.75 Å². The van der Waals surface area contributed by atoms with Gasteiger partial charge in [0.15, 0.2) is 5.11 Å². The summed E-state index contributed by atoms with van der Waals surface area (Å²) in [6, 6.07) is 19.4. The van der Waals surface area contributed by atoms with Crippen LogP contribution < -0.4 is 10.2 Å². The number of aromatic nitrogens is 2. The molecule has 35 heavy (non-hydrogen) atoms. The van der Waals surface area contributed by atoms with Crippen molar-refractivity contribution in [1.29, 1.82) is 0 Å². The van der Waals surface area contributed by atoms with Crippen molar-refractivity contribution in [3.05, 3.63) is 106 Å². The number of aryl methyl sites for hydroxylation is 3. The summed E-state index contributed by atoms with van der Waals surface area (Å²) in [6.07, 6.45) is 1.81. The smallest absolute Gasteiger partial charge is 0.174 e. The number of phenols is 1. The second-order valence-corrected chi connectivity index (χ2v) is 9.88. The Morgan fingerprint density at radius 3 is 2.49 bits per heavy atom. The fourth-order valence-electron chi connectivity index (χ4n) is 4.96. The number of benzene rings is 2. The molecule has 2 aromatic heterocycles. The van der Waals surface area contributed by atoms with Gasteiger partial charge in [-0.3, -0.25) is 4.98 Å². The first kappa shape index (κ1) is 23.4. The zero-order valence-electron chi connectivity index (χ0n) is 20.1. The van der Waals surface area contributed by atoms with Gasteiger partial charge in [-0.1, -0.05) is 23.7 Å². The van der Waals surface area contributed by atoms with E-state index in [2.05, 4.69) is 60.2 Å². The molecule has 0 aliphatic carbocycles. The summed E-state index contributed by atoms with van der Waals surface area (Å²) in [7, 11) is 0. The van der Waals surface area contributed by atoms with Crippen LogP contribution in [0.2, 0.25) is 5.02 Å². The van der Waals surface area contributed by atoms with Gasteiger partial charge in [0.25, 0.3) is 0 Å². The molecule has 1 aliphatic rings. The van der Waals surface area contributed by atoms with Gasteiger partial charge in [0.05, 0.1) is 23.5 Å². The van der Waals surface area contributed by atoms with E-state index in [9.17, 15) is 5.11 Å². The molecule has 0 saturated carbocycles. The van der Waals surface area contributed by atoms with E-state index in [-0.39, 0.29) is 17.8 Å². The summed E-state index contributed by atoms with van der Waals surface area (Å²) in [6.45, 7) is 8.33. The highest BCUT2D eigenvalue weighted by atomic mass is 35.5. The minimum atomic E-state index is -0.146. The summed E-state index contributed by atoms with van der Waals surface area (Å²) in [4.78, 5) is 6.85. The van der Waals surface area contributed by atoms with Crippen LogP contribution in [-0.4, -0.2) is 19.8 Å². The van der Waals surface area contributed by atoms with Crippen LogP contribution in [-0.2, 0) is 0 Å². The lowest BCUT2D eigenvalue weighted by molar-refractivity contribution is 0.471. The Hall–Kier alpha value is -3.35. The van der Waals surface area contributed by atoms with Gasteiger partial charge >= 0.3 is 0 Å². The highest BCUT2D eigenvalue weighted by molar-refractivity contribution is 7.80. The third kappa shape index (κ3) is 4.07. The van der Waals surface area contributed by atoms with Crippen LogP contribution in [0.15, 0.2) is 66.9 Å². The zero-order chi connectivity index (χ0) is 24.9. The van der Waals surface area contributed by atoms with Crippen LogP contribution in [0.25, 0.3) is 5.69 Å². The van der Waals surface area contributed by atoms with E-state index in [1.54, 1.807) is 18.2 Å². The predicted molar refractivity (Wildman–Crippen MR) is 146 cm³/mol. The van der Waals surface area contributed by atoms with Crippen molar-refractivity contribution < 1.29 is 5.11 Å².